The largest absolute Gasteiger partial charge is 0.392 e. The fourth-order valence-corrected chi connectivity index (χ4v) is 3.27. The van der Waals surface area contributed by atoms with Crippen molar-refractivity contribution >= 4 is 11.9 Å². The summed E-state index contributed by atoms with van der Waals surface area (Å²) in [6.45, 7) is 2.24. The van der Waals surface area contributed by atoms with E-state index in [1.807, 2.05) is 6.08 Å². The summed E-state index contributed by atoms with van der Waals surface area (Å²) in [7, 11) is 0. The first-order valence-electron chi connectivity index (χ1n) is 8.16. The Hall–Kier alpha value is -1.12. The van der Waals surface area contributed by atoms with Gasteiger partial charge in [0.25, 0.3) is 0 Å². The summed E-state index contributed by atoms with van der Waals surface area (Å²) in [5, 5.41) is 0. The average molecular weight is 278 g/mol. The van der Waals surface area contributed by atoms with Crippen molar-refractivity contribution in [2.45, 2.75) is 64.7 Å². The molecule has 0 spiro atoms. The maximum Gasteiger partial charge on any atom is 0.321 e. The summed E-state index contributed by atoms with van der Waals surface area (Å²) in [6.07, 6.45) is 15.1. The second-order valence-electron chi connectivity index (χ2n) is 6.16. The standard InChI is InChI=1S/C17H26O3/c1-2-3-4-5-6-7-8-9-13-10-11-14-15(12-13)17(19)20-16(14)18/h10-11,13-15H,2-9,12H2,1H3. The Bertz CT molecular complexity index is 372. The molecule has 1 fully saturated rings. The third-order valence-electron chi connectivity index (χ3n) is 4.54. The minimum absolute atomic E-state index is 0.206. The Morgan fingerprint density at radius 1 is 1.00 bits per heavy atom. The minimum Gasteiger partial charge on any atom is -0.392 e. The van der Waals surface area contributed by atoms with Crippen LogP contribution in [0.3, 0.4) is 0 Å². The molecule has 3 unspecified atom stereocenters. The van der Waals surface area contributed by atoms with E-state index < -0.39 is 0 Å². The third kappa shape index (κ3) is 3.94. The van der Waals surface area contributed by atoms with Gasteiger partial charge in [-0.05, 0) is 18.8 Å². The van der Waals surface area contributed by atoms with Gasteiger partial charge in [0.2, 0.25) is 0 Å². The Balaban J connectivity index is 1.63. The Morgan fingerprint density at radius 2 is 1.70 bits per heavy atom. The Kier molecular flexibility index (Phi) is 5.81. The van der Waals surface area contributed by atoms with Crippen molar-refractivity contribution in [3.63, 3.8) is 0 Å². The molecule has 0 amide bonds. The van der Waals surface area contributed by atoms with Crippen LogP contribution in [0.15, 0.2) is 12.2 Å². The second kappa shape index (κ2) is 7.61. The maximum atomic E-state index is 11.6. The number of cyclic esters (lactones) is 2. The molecule has 0 radical (unpaired) electrons. The van der Waals surface area contributed by atoms with Crippen molar-refractivity contribution in [3.05, 3.63) is 12.2 Å². The van der Waals surface area contributed by atoms with E-state index in [-0.39, 0.29) is 23.8 Å². The molecule has 0 saturated carbocycles. The van der Waals surface area contributed by atoms with Crippen LogP contribution >= 0.6 is 0 Å². The fraction of sp³-hybridized carbons (Fsp3) is 0.765. The van der Waals surface area contributed by atoms with Gasteiger partial charge in [0.05, 0.1) is 11.8 Å². The van der Waals surface area contributed by atoms with Crippen LogP contribution in [0.5, 0.6) is 0 Å². The number of fused-ring (bicyclic) bond motifs is 1. The van der Waals surface area contributed by atoms with Gasteiger partial charge in [-0.3, -0.25) is 9.59 Å². The molecule has 3 atom stereocenters. The third-order valence-corrected chi connectivity index (χ3v) is 4.54. The Labute approximate surface area is 121 Å². The molecule has 0 aromatic carbocycles. The molecule has 1 aliphatic carbocycles. The number of carbonyl (C=O) groups is 2. The minimum atomic E-state index is -0.356. The number of carbonyl (C=O) groups excluding carboxylic acids is 2. The summed E-state index contributed by atoms with van der Waals surface area (Å²) in [4.78, 5) is 23.0. The lowest BCUT2D eigenvalue weighted by Crippen LogP contribution is -2.23. The zero-order valence-corrected chi connectivity index (χ0v) is 12.5. The molecule has 1 aliphatic heterocycles. The molecule has 2 aliphatic rings. The highest BCUT2D eigenvalue weighted by atomic mass is 16.6. The second-order valence-corrected chi connectivity index (χ2v) is 6.16. The number of unbranched alkanes of at least 4 members (excludes halogenated alkanes) is 6. The highest BCUT2D eigenvalue weighted by molar-refractivity contribution is 5.97. The molecule has 3 nitrogen and oxygen atoms in total. The van der Waals surface area contributed by atoms with Crippen LogP contribution in [0.4, 0.5) is 0 Å². The number of ether oxygens (including phenoxy) is 1. The zero-order chi connectivity index (χ0) is 14.4. The fourth-order valence-electron chi connectivity index (χ4n) is 3.27. The van der Waals surface area contributed by atoms with E-state index in [9.17, 15) is 9.59 Å². The van der Waals surface area contributed by atoms with Crippen molar-refractivity contribution in [2.24, 2.45) is 17.8 Å². The maximum absolute atomic E-state index is 11.6. The molecule has 0 aromatic rings. The topological polar surface area (TPSA) is 43.4 Å². The molecule has 1 heterocycles. The number of hydrogen-bond acceptors (Lipinski definition) is 3. The summed E-state index contributed by atoms with van der Waals surface area (Å²) >= 11 is 0. The van der Waals surface area contributed by atoms with Crippen LogP contribution in [0, 0.1) is 17.8 Å². The van der Waals surface area contributed by atoms with Gasteiger partial charge in [-0.1, -0.05) is 64.0 Å². The molecule has 20 heavy (non-hydrogen) atoms. The van der Waals surface area contributed by atoms with Crippen molar-refractivity contribution in [1.82, 2.24) is 0 Å². The van der Waals surface area contributed by atoms with E-state index >= 15 is 0 Å². The predicted molar refractivity (Wildman–Crippen MR) is 77.9 cm³/mol. The molecule has 2 rings (SSSR count). The molecule has 3 heteroatoms. The quantitative estimate of drug-likeness (QED) is 0.291. The Morgan fingerprint density at radius 3 is 2.45 bits per heavy atom. The first kappa shape index (κ1) is 15.3. The van der Waals surface area contributed by atoms with E-state index in [1.165, 1.54) is 44.9 Å². The molecule has 1 saturated heterocycles. The monoisotopic (exact) mass is 278 g/mol. The lowest BCUT2D eigenvalue weighted by Gasteiger charge is -2.22. The summed E-state index contributed by atoms with van der Waals surface area (Å²) in [6, 6.07) is 0. The van der Waals surface area contributed by atoms with E-state index in [2.05, 4.69) is 13.0 Å². The molecule has 112 valence electrons. The van der Waals surface area contributed by atoms with Crippen LogP contribution in [0.2, 0.25) is 0 Å². The normalized spacial score (nSPS) is 28.6. The SMILES string of the molecule is CCCCCCCCCC1C=CC2C(=O)OC(=O)C2C1. The van der Waals surface area contributed by atoms with Crippen molar-refractivity contribution in [1.29, 1.82) is 0 Å². The number of esters is 2. The van der Waals surface area contributed by atoms with Crippen LogP contribution in [0.1, 0.15) is 64.7 Å². The molecular formula is C17H26O3. The first-order valence-corrected chi connectivity index (χ1v) is 8.16. The van der Waals surface area contributed by atoms with Crippen LogP contribution in [0.25, 0.3) is 0 Å². The lowest BCUT2D eigenvalue weighted by atomic mass is 9.79. The van der Waals surface area contributed by atoms with Gasteiger partial charge >= 0.3 is 11.9 Å². The van der Waals surface area contributed by atoms with E-state index in [4.69, 9.17) is 4.74 Å². The highest BCUT2D eigenvalue weighted by Crippen LogP contribution is 2.36. The van der Waals surface area contributed by atoms with Gasteiger partial charge in [0.1, 0.15) is 0 Å². The van der Waals surface area contributed by atoms with Gasteiger partial charge in [-0.2, -0.15) is 0 Å². The average Bonchev–Trinajstić information content (AvgIpc) is 2.73. The first-order chi connectivity index (χ1) is 9.72. The van der Waals surface area contributed by atoms with E-state index in [1.54, 1.807) is 0 Å². The summed E-state index contributed by atoms with van der Waals surface area (Å²) in [5.74, 6) is -0.722. The van der Waals surface area contributed by atoms with Gasteiger partial charge in [-0.15, -0.1) is 0 Å². The van der Waals surface area contributed by atoms with E-state index in [0.29, 0.717) is 5.92 Å². The molecular weight excluding hydrogens is 252 g/mol. The predicted octanol–water partition coefficient (Wildman–Crippen LogP) is 4.02. The number of allylic oxidation sites excluding steroid dienone is 1. The molecule has 0 aromatic heterocycles. The number of hydrogen-bond donors (Lipinski definition) is 0. The summed E-state index contributed by atoms with van der Waals surface area (Å²) < 4.78 is 4.71. The van der Waals surface area contributed by atoms with Crippen molar-refractivity contribution < 1.29 is 14.3 Å². The van der Waals surface area contributed by atoms with Crippen molar-refractivity contribution in [3.8, 4) is 0 Å². The van der Waals surface area contributed by atoms with Crippen molar-refractivity contribution in [2.75, 3.05) is 0 Å². The zero-order valence-electron chi connectivity index (χ0n) is 12.5. The van der Waals surface area contributed by atoms with Gasteiger partial charge in [0, 0.05) is 0 Å². The smallest absolute Gasteiger partial charge is 0.321 e. The van der Waals surface area contributed by atoms with Crippen LogP contribution in [-0.4, -0.2) is 11.9 Å². The molecule has 0 N–H and O–H groups in total. The number of rotatable bonds is 8. The summed E-state index contributed by atoms with van der Waals surface area (Å²) in [5.41, 5.74) is 0. The lowest BCUT2D eigenvalue weighted by molar-refractivity contribution is -0.153. The van der Waals surface area contributed by atoms with Gasteiger partial charge in [-0.25, -0.2) is 0 Å². The van der Waals surface area contributed by atoms with Crippen LogP contribution in [-0.2, 0) is 14.3 Å². The van der Waals surface area contributed by atoms with Crippen LogP contribution < -0.4 is 0 Å². The highest BCUT2D eigenvalue weighted by Gasteiger charge is 2.45. The molecule has 0 bridgehead atoms. The van der Waals surface area contributed by atoms with Gasteiger partial charge < -0.3 is 4.74 Å². The van der Waals surface area contributed by atoms with Gasteiger partial charge in [0.15, 0.2) is 0 Å². The van der Waals surface area contributed by atoms with E-state index in [0.717, 1.165) is 12.8 Å².